The summed E-state index contributed by atoms with van der Waals surface area (Å²) in [7, 11) is 0. The minimum atomic E-state index is -0.556. The topological polar surface area (TPSA) is 149 Å². The fourth-order valence-corrected chi connectivity index (χ4v) is 10.0. The van der Waals surface area contributed by atoms with Crippen molar-refractivity contribution in [2.75, 3.05) is 74.0 Å². The van der Waals surface area contributed by atoms with Gasteiger partial charge in [-0.3, -0.25) is 24.0 Å². The SMILES string of the molecule is Cc1sc2c(c1C)C(c1ccc(Cl)cc1)=N[C@@H](CC(=O)NCCNC(=O)CCCCCN1CCN(c3cc(N[C@@H]4CCCN(c5cccc(F)c5)C4)ncn3)CC1)c1nnc(C)n1-2. The lowest BCUT2D eigenvalue weighted by atomic mass is 9.99. The highest BCUT2D eigenvalue weighted by Gasteiger charge is 2.32. The number of hydrogen-bond acceptors (Lipinski definition) is 12. The number of carbonyl (C=O) groups excluding carboxylic acids is 2. The Bertz CT molecular complexity index is 2410. The number of piperidine rings is 1. The van der Waals surface area contributed by atoms with Gasteiger partial charge in [-0.1, -0.05) is 36.2 Å². The molecule has 0 aliphatic carbocycles. The van der Waals surface area contributed by atoms with Crippen molar-refractivity contribution in [3.63, 3.8) is 0 Å². The minimum Gasteiger partial charge on any atom is -0.369 e. The molecule has 63 heavy (non-hydrogen) atoms. The van der Waals surface area contributed by atoms with E-state index >= 15 is 0 Å². The van der Waals surface area contributed by atoms with Crippen LogP contribution in [0.5, 0.6) is 0 Å². The number of halogens is 2. The molecule has 14 nitrogen and oxygen atoms in total. The molecular formula is C46H56ClFN12O2S. The Morgan fingerprint density at radius 3 is 2.48 bits per heavy atom. The van der Waals surface area contributed by atoms with Crippen molar-refractivity contribution in [1.82, 2.24) is 40.3 Å². The first-order valence-corrected chi connectivity index (χ1v) is 23.2. The predicted octanol–water partition coefficient (Wildman–Crippen LogP) is 6.81. The van der Waals surface area contributed by atoms with Crippen molar-refractivity contribution >= 4 is 57.8 Å². The molecule has 0 bridgehead atoms. The first kappa shape index (κ1) is 44.2. The van der Waals surface area contributed by atoms with Crippen LogP contribution in [0.2, 0.25) is 5.02 Å². The van der Waals surface area contributed by atoms with E-state index < -0.39 is 6.04 Å². The summed E-state index contributed by atoms with van der Waals surface area (Å²) in [5.41, 5.74) is 4.78. The van der Waals surface area contributed by atoms with Gasteiger partial charge in [0.25, 0.3) is 0 Å². The van der Waals surface area contributed by atoms with Crippen molar-refractivity contribution in [3.05, 3.63) is 105 Å². The van der Waals surface area contributed by atoms with Gasteiger partial charge in [0, 0.05) is 97.6 Å². The van der Waals surface area contributed by atoms with Gasteiger partial charge < -0.3 is 25.8 Å². The molecule has 3 aliphatic rings. The first-order valence-electron chi connectivity index (χ1n) is 22.1. The largest absolute Gasteiger partial charge is 0.369 e. The lowest BCUT2D eigenvalue weighted by Crippen LogP contribution is -2.47. The Balaban J connectivity index is 0.724. The Morgan fingerprint density at radius 1 is 0.889 bits per heavy atom. The lowest BCUT2D eigenvalue weighted by molar-refractivity contribution is -0.123. The highest BCUT2D eigenvalue weighted by atomic mass is 35.5. The Labute approximate surface area is 377 Å². The maximum absolute atomic E-state index is 13.8. The maximum atomic E-state index is 13.8. The molecule has 332 valence electrons. The quantitative estimate of drug-likeness (QED) is 0.0903. The van der Waals surface area contributed by atoms with Gasteiger partial charge in [-0.25, -0.2) is 14.4 Å². The number of unbranched alkanes of at least 4 members (excludes halogenated alkanes) is 2. The van der Waals surface area contributed by atoms with Gasteiger partial charge in [-0.2, -0.15) is 0 Å². The van der Waals surface area contributed by atoms with Crippen LogP contribution >= 0.6 is 22.9 Å². The molecule has 6 heterocycles. The Hall–Kier alpha value is -5.45. The average molecular weight is 896 g/mol. The van der Waals surface area contributed by atoms with Crippen LogP contribution < -0.4 is 25.8 Å². The predicted molar refractivity (Wildman–Crippen MR) is 248 cm³/mol. The summed E-state index contributed by atoms with van der Waals surface area (Å²) in [5.74, 6) is 2.71. The summed E-state index contributed by atoms with van der Waals surface area (Å²) in [5, 5.41) is 20.0. The van der Waals surface area contributed by atoms with Crippen LogP contribution in [0.3, 0.4) is 0 Å². The van der Waals surface area contributed by atoms with Crippen molar-refractivity contribution in [3.8, 4) is 5.00 Å². The van der Waals surface area contributed by atoms with E-state index in [2.05, 4.69) is 64.7 Å². The van der Waals surface area contributed by atoms with Crippen molar-refractivity contribution < 1.29 is 14.0 Å². The fraction of sp³-hybridized carbons (Fsp3) is 0.457. The van der Waals surface area contributed by atoms with E-state index in [4.69, 9.17) is 16.6 Å². The number of amides is 2. The van der Waals surface area contributed by atoms with Crippen LogP contribution in [0.15, 0.2) is 65.9 Å². The van der Waals surface area contributed by atoms with Crippen molar-refractivity contribution in [2.45, 2.75) is 77.8 Å². The molecule has 2 saturated heterocycles. The second-order valence-corrected chi connectivity index (χ2v) is 18.3. The van der Waals surface area contributed by atoms with Gasteiger partial charge in [-0.05, 0) is 88.9 Å². The molecule has 2 atom stereocenters. The van der Waals surface area contributed by atoms with E-state index in [1.165, 1.54) is 10.9 Å². The molecule has 17 heteroatoms. The number of rotatable bonds is 16. The van der Waals surface area contributed by atoms with Crippen molar-refractivity contribution in [2.24, 2.45) is 4.99 Å². The molecular weight excluding hydrogens is 839 g/mol. The van der Waals surface area contributed by atoms with Crippen LogP contribution in [0.4, 0.5) is 21.7 Å². The zero-order valence-electron chi connectivity index (χ0n) is 36.2. The highest BCUT2D eigenvalue weighted by molar-refractivity contribution is 7.15. The van der Waals surface area contributed by atoms with E-state index in [9.17, 15) is 14.0 Å². The van der Waals surface area contributed by atoms with Crippen LogP contribution in [0.1, 0.15) is 84.2 Å². The zero-order chi connectivity index (χ0) is 43.9. The number of anilines is 3. The Kier molecular flexibility index (Phi) is 14.3. The first-order chi connectivity index (χ1) is 30.6. The van der Waals surface area contributed by atoms with Gasteiger partial charge in [-0.15, -0.1) is 21.5 Å². The molecule has 3 aliphatic heterocycles. The Morgan fingerprint density at radius 2 is 1.68 bits per heavy atom. The number of piperazine rings is 1. The summed E-state index contributed by atoms with van der Waals surface area (Å²) < 4.78 is 15.9. The molecule has 2 amide bonds. The molecule has 2 fully saturated rings. The number of benzene rings is 2. The summed E-state index contributed by atoms with van der Waals surface area (Å²) >= 11 is 7.91. The molecule has 8 rings (SSSR count). The third kappa shape index (κ3) is 10.8. The van der Waals surface area contributed by atoms with E-state index in [0.29, 0.717) is 30.4 Å². The smallest absolute Gasteiger partial charge is 0.222 e. The van der Waals surface area contributed by atoms with Gasteiger partial charge in [0.1, 0.15) is 40.6 Å². The minimum absolute atomic E-state index is 0.00895. The van der Waals surface area contributed by atoms with Gasteiger partial charge >= 0.3 is 0 Å². The van der Waals surface area contributed by atoms with Crippen molar-refractivity contribution in [1.29, 1.82) is 0 Å². The number of carbonyl (C=O) groups is 2. The van der Waals surface area contributed by atoms with Gasteiger partial charge in [0.15, 0.2) is 5.82 Å². The normalized spacial score (nSPS) is 17.7. The monoisotopic (exact) mass is 894 g/mol. The average Bonchev–Trinajstić information content (AvgIpc) is 3.77. The molecule has 0 saturated carbocycles. The highest BCUT2D eigenvalue weighted by Crippen LogP contribution is 2.39. The molecule has 0 unspecified atom stereocenters. The molecule has 5 aromatic rings. The van der Waals surface area contributed by atoms with E-state index in [1.807, 2.05) is 47.9 Å². The third-order valence-electron chi connectivity index (χ3n) is 12.2. The number of thiophene rings is 1. The molecule has 0 spiro atoms. The summed E-state index contributed by atoms with van der Waals surface area (Å²) in [6.07, 6.45) is 7.05. The van der Waals surface area contributed by atoms with E-state index in [0.717, 1.165) is 128 Å². The standard InChI is InChI=1S/C46H56ClFN12O2S/c1-30-31(2)63-46-43(30)44(33-13-15-34(47)16-14-33)54-38(45-56-55-32(3)60(45)46)26-42(62)50-18-17-49-41(61)12-5-4-6-19-57-21-23-58(24-22-57)40-27-39(51-29-52-40)53-36-10-8-20-59(28-36)37-11-7-9-35(48)25-37/h7,9,11,13-16,25,27,29,36,38H,4-6,8,10,12,17-24,26,28H2,1-3H3,(H,49,61)(H,50,62)(H,51,52,53)/t36-,38+/m1/s1. The third-order valence-corrected chi connectivity index (χ3v) is 13.6. The van der Waals surface area contributed by atoms with Gasteiger partial charge in [0.05, 0.1) is 12.1 Å². The molecule has 0 radical (unpaired) electrons. The second kappa shape index (κ2) is 20.4. The number of hydrogen-bond donors (Lipinski definition) is 3. The van der Waals surface area contributed by atoms with Gasteiger partial charge in [0.2, 0.25) is 11.8 Å². The van der Waals surface area contributed by atoms with E-state index in [-0.39, 0.29) is 30.1 Å². The number of nitrogens with zero attached hydrogens (tertiary/aromatic N) is 9. The number of aryl methyl sites for hydroxylation is 2. The van der Waals surface area contributed by atoms with Crippen LogP contribution in [0.25, 0.3) is 5.00 Å². The maximum Gasteiger partial charge on any atom is 0.222 e. The molecule has 3 aromatic heterocycles. The van der Waals surface area contributed by atoms with Crippen LogP contribution in [-0.2, 0) is 9.59 Å². The number of aliphatic imine (C=N–C) groups is 1. The molecule has 3 N–H and O–H groups in total. The van der Waals surface area contributed by atoms with E-state index in [1.54, 1.807) is 29.8 Å². The summed E-state index contributed by atoms with van der Waals surface area (Å²) in [6, 6.07) is 16.1. The lowest BCUT2D eigenvalue weighted by Gasteiger charge is -2.36. The number of fused-ring (bicyclic) bond motifs is 3. The second-order valence-electron chi connectivity index (χ2n) is 16.6. The summed E-state index contributed by atoms with van der Waals surface area (Å²) in [4.78, 5) is 48.4. The molecule has 2 aromatic carbocycles. The number of aromatic nitrogens is 5. The van der Waals surface area contributed by atoms with Crippen LogP contribution in [-0.4, -0.2) is 112 Å². The summed E-state index contributed by atoms with van der Waals surface area (Å²) in [6.45, 7) is 13.2. The zero-order valence-corrected chi connectivity index (χ0v) is 37.8. The fourth-order valence-electron chi connectivity index (χ4n) is 8.68. The number of nitrogens with one attached hydrogen (secondary N) is 3. The van der Waals surface area contributed by atoms with Crippen LogP contribution in [0, 0.1) is 26.6 Å².